The van der Waals surface area contributed by atoms with Crippen LogP contribution in [0.2, 0.25) is 0 Å². The average Bonchev–Trinajstić information content (AvgIpc) is 3.06. The summed E-state index contributed by atoms with van der Waals surface area (Å²) in [6.07, 6.45) is 37.6. The van der Waals surface area contributed by atoms with E-state index >= 15 is 0 Å². The highest BCUT2D eigenvalue weighted by Crippen LogP contribution is 2.38. The van der Waals surface area contributed by atoms with Crippen molar-refractivity contribution >= 4 is 13.8 Å². The van der Waals surface area contributed by atoms with E-state index in [1.807, 2.05) is 21.1 Å². The van der Waals surface area contributed by atoms with Crippen LogP contribution in [0.5, 0.6) is 0 Å². The predicted octanol–water partition coefficient (Wildman–Crippen LogP) is 11.0. The molecule has 0 N–H and O–H groups in total. The highest BCUT2D eigenvalue weighted by molar-refractivity contribution is 7.45. The van der Waals surface area contributed by atoms with E-state index in [1.54, 1.807) is 0 Å². The number of carbonyl (C=O) groups excluding carboxylic acids is 1. The summed E-state index contributed by atoms with van der Waals surface area (Å²) < 4.78 is 34.4. The lowest BCUT2D eigenvalue weighted by molar-refractivity contribution is -0.870. The minimum Gasteiger partial charge on any atom is -0.756 e. The molecule has 2 unspecified atom stereocenters. The number of phosphoric ester groups is 1. The van der Waals surface area contributed by atoms with Crippen LogP contribution in [0, 0.1) is 0 Å². The van der Waals surface area contributed by atoms with Crippen molar-refractivity contribution in [2.24, 2.45) is 0 Å². The van der Waals surface area contributed by atoms with Crippen LogP contribution in [0.15, 0.2) is 24.3 Å². The maximum Gasteiger partial charge on any atom is 0.306 e. The van der Waals surface area contributed by atoms with Crippen molar-refractivity contribution in [1.82, 2.24) is 0 Å². The number of carbonyl (C=O) groups is 1. The summed E-state index contributed by atoms with van der Waals surface area (Å²) in [6, 6.07) is 0. The molecule has 0 amide bonds. The Hall–Kier alpha value is -1.02. The van der Waals surface area contributed by atoms with Crippen LogP contribution in [-0.2, 0) is 27.9 Å². The number of ether oxygens (including phenoxy) is 2. The van der Waals surface area contributed by atoms with E-state index in [1.165, 1.54) is 116 Å². The Morgan fingerprint density at radius 3 is 1.64 bits per heavy atom. The molecule has 0 fully saturated rings. The van der Waals surface area contributed by atoms with Crippen molar-refractivity contribution in [2.45, 2.75) is 180 Å². The van der Waals surface area contributed by atoms with Crippen molar-refractivity contribution in [1.29, 1.82) is 0 Å². The van der Waals surface area contributed by atoms with Gasteiger partial charge in [0.05, 0.1) is 34.4 Å². The first-order valence-electron chi connectivity index (χ1n) is 20.6. The minimum absolute atomic E-state index is 0.0264. The first-order valence-corrected chi connectivity index (χ1v) is 22.0. The van der Waals surface area contributed by atoms with Gasteiger partial charge in [-0.15, -0.1) is 0 Å². The molecule has 0 aromatic carbocycles. The van der Waals surface area contributed by atoms with E-state index < -0.39 is 13.9 Å². The lowest BCUT2D eigenvalue weighted by atomic mass is 10.1. The summed E-state index contributed by atoms with van der Waals surface area (Å²) in [6.45, 7) is 5.37. The van der Waals surface area contributed by atoms with E-state index in [0.29, 0.717) is 24.1 Å². The van der Waals surface area contributed by atoms with Gasteiger partial charge in [-0.05, 0) is 44.9 Å². The highest BCUT2D eigenvalue weighted by Gasteiger charge is 2.20. The number of quaternary nitrogens is 1. The molecule has 0 aliphatic rings. The molecule has 0 aliphatic carbocycles. The molecule has 0 spiro atoms. The third-order valence-electron chi connectivity index (χ3n) is 8.76. The van der Waals surface area contributed by atoms with Crippen molar-refractivity contribution < 1.29 is 37.3 Å². The van der Waals surface area contributed by atoms with E-state index in [0.717, 1.165) is 38.5 Å². The van der Waals surface area contributed by atoms with Crippen molar-refractivity contribution in [2.75, 3.05) is 54.1 Å². The zero-order valence-electron chi connectivity index (χ0n) is 33.4. The Kier molecular flexibility index (Phi) is 34.3. The molecule has 0 aliphatic heterocycles. The number of rotatable bonds is 38. The summed E-state index contributed by atoms with van der Waals surface area (Å²) in [4.78, 5) is 24.9. The number of likely N-dealkylation sites (N-methyl/N-ethyl adjacent to an activating group) is 1. The number of unbranched alkanes of at least 4 members (excludes halogenated alkanes) is 20. The SMILES string of the molecule is CCCCCC/C=C\C/C=C\CCCCCCCCCCOCC(COP(=O)([O-])OCC[N+](C)(C)C)OC(=O)CCCCCCCCCCC. The van der Waals surface area contributed by atoms with Crippen LogP contribution in [0.4, 0.5) is 0 Å². The minimum atomic E-state index is -4.51. The normalized spacial score (nSPS) is 14.1. The average molecular weight is 730 g/mol. The summed E-state index contributed by atoms with van der Waals surface area (Å²) in [7, 11) is 1.35. The molecule has 9 heteroatoms. The monoisotopic (exact) mass is 730 g/mol. The van der Waals surface area contributed by atoms with Gasteiger partial charge in [-0.25, -0.2) is 0 Å². The summed E-state index contributed by atoms with van der Waals surface area (Å²) in [5.74, 6) is -0.339. The Labute approximate surface area is 309 Å². The Bertz CT molecular complexity index is 858. The van der Waals surface area contributed by atoms with Crippen LogP contribution < -0.4 is 4.89 Å². The second-order valence-electron chi connectivity index (χ2n) is 15.0. The molecule has 0 rings (SSSR count). The Morgan fingerprint density at radius 1 is 0.620 bits per heavy atom. The van der Waals surface area contributed by atoms with E-state index in [-0.39, 0.29) is 25.8 Å². The van der Waals surface area contributed by atoms with Gasteiger partial charge in [0.2, 0.25) is 0 Å². The number of nitrogens with zero attached hydrogens (tertiary/aromatic N) is 1. The summed E-state index contributed by atoms with van der Waals surface area (Å²) in [5, 5.41) is 0. The quantitative estimate of drug-likeness (QED) is 0.0205. The standard InChI is InChI=1S/C41H80NO7P/c1-6-8-10-12-14-16-17-18-19-20-21-22-23-24-25-27-29-31-33-36-46-38-40(39-48-50(44,45)47-37-35-42(3,4)5)49-41(43)34-32-30-28-26-15-13-11-9-7-2/h16-17,19-20,40H,6-15,18,21-39H2,1-5H3/b17-16-,20-19-. The fraction of sp³-hybridized carbons (Fsp3) is 0.878. The molecule has 2 atom stereocenters. The van der Waals surface area contributed by atoms with Gasteiger partial charge in [-0.2, -0.15) is 0 Å². The Morgan fingerprint density at radius 2 is 1.10 bits per heavy atom. The smallest absolute Gasteiger partial charge is 0.306 e. The molecule has 0 radical (unpaired) electrons. The second-order valence-corrected chi connectivity index (χ2v) is 16.4. The topological polar surface area (TPSA) is 94.1 Å². The molecule has 296 valence electrons. The number of esters is 1. The third-order valence-corrected chi connectivity index (χ3v) is 9.72. The first-order chi connectivity index (χ1) is 24.1. The molecule has 8 nitrogen and oxygen atoms in total. The molecule has 0 bridgehead atoms. The molecule has 0 heterocycles. The highest BCUT2D eigenvalue weighted by atomic mass is 31.2. The van der Waals surface area contributed by atoms with Gasteiger partial charge in [0.25, 0.3) is 7.82 Å². The molecule has 0 saturated carbocycles. The van der Waals surface area contributed by atoms with Gasteiger partial charge in [0.15, 0.2) is 0 Å². The molecule has 50 heavy (non-hydrogen) atoms. The fourth-order valence-electron chi connectivity index (χ4n) is 5.52. The van der Waals surface area contributed by atoms with Gasteiger partial charge in [-0.1, -0.05) is 147 Å². The maximum absolute atomic E-state index is 12.6. The first kappa shape index (κ1) is 49.0. The predicted molar refractivity (Wildman–Crippen MR) is 208 cm³/mol. The van der Waals surface area contributed by atoms with Crippen LogP contribution in [-0.4, -0.2) is 70.7 Å². The summed E-state index contributed by atoms with van der Waals surface area (Å²) >= 11 is 0. The largest absolute Gasteiger partial charge is 0.756 e. The third kappa shape index (κ3) is 38.2. The summed E-state index contributed by atoms with van der Waals surface area (Å²) in [5.41, 5.74) is 0. The number of allylic oxidation sites excluding steroid dienone is 4. The van der Waals surface area contributed by atoms with Crippen LogP contribution in [0.25, 0.3) is 0 Å². The molecular weight excluding hydrogens is 649 g/mol. The van der Waals surface area contributed by atoms with Crippen molar-refractivity contribution in [3.05, 3.63) is 24.3 Å². The van der Waals surface area contributed by atoms with E-state index in [4.69, 9.17) is 18.5 Å². The lowest BCUT2D eigenvalue weighted by Gasteiger charge is -2.28. The van der Waals surface area contributed by atoms with Crippen LogP contribution >= 0.6 is 7.82 Å². The Balaban J connectivity index is 4.18. The van der Waals surface area contributed by atoms with Gasteiger partial charge < -0.3 is 27.9 Å². The van der Waals surface area contributed by atoms with Gasteiger partial charge >= 0.3 is 5.97 Å². The fourth-order valence-corrected chi connectivity index (χ4v) is 6.25. The molecule has 0 aromatic rings. The van der Waals surface area contributed by atoms with Gasteiger partial charge in [0.1, 0.15) is 19.3 Å². The van der Waals surface area contributed by atoms with Crippen molar-refractivity contribution in [3.63, 3.8) is 0 Å². The second kappa shape index (κ2) is 35.0. The molecule has 0 saturated heterocycles. The zero-order chi connectivity index (χ0) is 37.0. The zero-order valence-corrected chi connectivity index (χ0v) is 34.2. The number of hydrogen-bond acceptors (Lipinski definition) is 7. The number of phosphoric acid groups is 1. The van der Waals surface area contributed by atoms with Crippen LogP contribution in [0.1, 0.15) is 174 Å². The molecular formula is C41H80NO7P. The van der Waals surface area contributed by atoms with E-state index in [9.17, 15) is 14.3 Å². The van der Waals surface area contributed by atoms with E-state index in [2.05, 4.69) is 38.2 Å². The van der Waals surface area contributed by atoms with Crippen molar-refractivity contribution in [3.8, 4) is 0 Å². The molecule has 0 aromatic heterocycles. The number of hydrogen-bond donors (Lipinski definition) is 0. The maximum atomic E-state index is 12.6. The van der Waals surface area contributed by atoms with Gasteiger partial charge in [0, 0.05) is 13.0 Å². The lowest BCUT2D eigenvalue weighted by Crippen LogP contribution is -2.37. The van der Waals surface area contributed by atoms with Crippen LogP contribution in [0.3, 0.4) is 0 Å². The van der Waals surface area contributed by atoms with Gasteiger partial charge in [-0.3, -0.25) is 9.36 Å².